The Hall–Kier alpha value is -4.75. The lowest BCUT2D eigenvalue weighted by atomic mass is 9.94. The van der Waals surface area contributed by atoms with Crippen LogP contribution in [0.25, 0.3) is 39.0 Å². The number of aryl methyl sites for hydroxylation is 2. The zero-order valence-corrected chi connectivity index (χ0v) is 26.9. The summed E-state index contributed by atoms with van der Waals surface area (Å²) in [5.41, 5.74) is 11.4. The Morgan fingerprint density at radius 1 is 1.07 bits per heavy atom. The molecule has 6 rings (SSSR count). The molecule has 0 amide bonds. The van der Waals surface area contributed by atoms with E-state index >= 15 is 0 Å². The first-order valence-corrected chi connectivity index (χ1v) is 16.4. The molecule has 2 aromatic carbocycles. The van der Waals surface area contributed by atoms with Crippen molar-refractivity contribution in [2.75, 3.05) is 25.0 Å². The zero-order valence-electron chi connectivity index (χ0n) is 26.9. The Balaban J connectivity index is 1.29. The van der Waals surface area contributed by atoms with Crippen molar-refractivity contribution >= 4 is 22.2 Å². The van der Waals surface area contributed by atoms with Crippen molar-refractivity contribution in [1.29, 1.82) is 0 Å². The number of allylic oxidation sites excluding steroid dienone is 3. The number of anilines is 1. The summed E-state index contributed by atoms with van der Waals surface area (Å²) in [6.07, 6.45) is 13.8. The quantitative estimate of drug-likeness (QED) is 0.116. The second-order valence-electron chi connectivity index (χ2n) is 12.3. The van der Waals surface area contributed by atoms with Crippen LogP contribution in [0.15, 0.2) is 91.9 Å². The van der Waals surface area contributed by atoms with Gasteiger partial charge in [0.25, 0.3) is 0 Å². The molecule has 1 fully saturated rings. The molecule has 0 spiro atoms. The smallest absolute Gasteiger partial charge is 0.124 e. The van der Waals surface area contributed by atoms with Crippen LogP contribution in [0.2, 0.25) is 0 Å². The molecule has 1 saturated heterocycles. The van der Waals surface area contributed by atoms with E-state index in [9.17, 15) is 4.39 Å². The number of rotatable bonds is 13. The molecule has 7 heteroatoms. The van der Waals surface area contributed by atoms with Gasteiger partial charge in [-0.15, -0.1) is 0 Å². The highest BCUT2D eigenvalue weighted by Crippen LogP contribution is 2.35. The van der Waals surface area contributed by atoms with Gasteiger partial charge in [-0.2, -0.15) is 5.10 Å². The third-order valence-corrected chi connectivity index (χ3v) is 8.76. The molecule has 0 radical (unpaired) electrons. The van der Waals surface area contributed by atoms with Crippen LogP contribution in [0.4, 0.5) is 10.1 Å². The molecule has 0 unspecified atom stereocenters. The number of likely N-dealkylation sites (tertiary alicyclic amines) is 1. The maximum absolute atomic E-state index is 15.0. The molecule has 0 bridgehead atoms. The summed E-state index contributed by atoms with van der Waals surface area (Å²) in [6, 6.07) is 15.9. The van der Waals surface area contributed by atoms with Crippen molar-refractivity contribution < 1.29 is 4.39 Å². The maximum Gasteiger partial charge on any atom is 0.124 e. The fraction of sp³-hybridized carbons (Fsp3) is 0.282. The van der Waals surface area contributed by atoms with Gasteiger partial charge in [-0.3, -0.25) is 10.1 Å². The molecule has 3 N–H and O–H groups in total. The number of H-pyrrole nitrogens is 2. The molecule has 0 saturated carbocycles. The minimum absolute atomic E-state index is 0.216. The van der Waals surface area contributed by atoms with Crippen LogP contribution in [-0.2, 0) is 6.42 Å². The van der Waals surface area contributed by atoms with Crippen molar-refractivity contribution in [3.8, 4) is 22.5 Å². The van der Waals surface area contributed by atoms with Crippen molar-refractivity contribution in [1.82, 2.24) is 25.1 Å². The Kier molecular flexibility index (Phi) is 9.60. The summed E-state index contributed by atoms with van der Waals surface area (Å²) < 4.78 is 15.0. The summed E-state index contributed by atoms with van der Waals surface area (Å²) in [6.45, 7) is 15.7. The topological polar surface area (TPSA) is 72.6 Å². The number of aromatic amines is 2. The molecule has 5 aromatic rings. The van der Waals surface area contributed by atoms with E-state index in [4.69, 9.17) is 5.10 Å². The molecule has 46 heavy (non-hydrogen) atoms. The highest BCUT2D eigenvalue weighted by molar-refractivity contribution is 5.96. The molecule has 1 aliphatic rings. The largest absolute Gasteiger partial charge is 0.358 e. The standard InChI is InChI=1S/C39H43FN6/c1-5-10-26(3)42-33-21-31(24-41-25-33)29-13-14-37-36(22-29)39(45-44-37)38-23-35(27(4)43-38)34(11-6-2)30-18-28(19-32(40)20-30)12-9-17-46-15-7-8-16-46/h6,11,13-14,18-25,42-43H,2-3,5,7-10,12,15-17H2,1,4H3,(H,44,45)/b34-11-. The van der Waals surface area contributed by atoms with Crippen molar-refractivity contribution in [2.45, 2.75) is 52.4 Å². The van der Waals surface area contributed by atoms with E-state index in [1.807, 2.05) is 25.4 Å². The summed E-state index contributed by atoms with van der Waals surface area (Å²) >= 11 is 0. The van der Waals surface area contributed by atoms with Gasteiger partial charge in [-0.25, -0.2) is 4.39 Å². The van der Waals surface area contributed by atoms with E-state index in [0.717, 1.165) is 105 Å². The Morgan fingerprint density at radius 2 is 1.91 bits per heavy atom. The first-order valence-electron chi connectivity index (χ1n) is 16.4. The SMILES string of the molecule is C=C/C=C(/c1cc(F)cc(CCCN2CCCC2)c1)c1cc(-c2n[nH]c3ccc(-c4cncc(NC(=C)CCC)c4)cc23)[nH]c1C. The van der Waals surface area contributed by atoms with Crippen molar-refractivity contribution in [3.63, 3.8) is 0 Å². The fourth-order valence-corrected chi connectivity index (χ4v) is 6.52. The van der Waals surface area contributed by atoms with Gasteiger partial charge < -0.3 is 15.2 Å². The third kappa shape index (κ3) is 7.05. The van der Waals surface area contributed by atoms with Crippen molar-refractivity contribution in [3.05, 3.63) is 120 Å². The lowest BCUT2D eigenvalue weighted by Gasteiger charge is -2.15. The predicted octanol–water partition coefficient (Wildman–Crippen LogP) is 9.44. The van der Waals surface area contributed by atoms with E-state index in [2.05, 4.69) is 81.8 Å². The second-order valence-corrected chi connectivity index (χ2v) is 12.3. The first kappa shape index (κ1) is 31.2. The van der Waals surface area contributed by atoms with Crippen LogP contribution in [0.1, 0.15) is 61.4 Å². The van der Waals surface area contributed by atoms with Crippen LogP contribution in [-0.4, -0.2) is 44.7 Å². The highest BCUT2D eigenvalue weighted by Gasteiger charge is 2.18. The molecule has 0 atom stereocenters. The van der Waals surface area contributed by atoms with Crippen LogP contribution in [0.3, 0.4) is 0 Å². The summed E-state index contributed by atoms with van der Waals surface area (Å²) in [5.74, 6) is -0.216. The number of aromatic nitrogens is 4. The molecule has 3 aromatic heterocycles. The minimum atomic E-state index is -0.216. The van der Waals surface area contributed by atoms with Crippen LogP contribution in [0, 0.1) is 12.7 Å². The van der Waals surface area contributed by atoms with E-state index in [1.54, 1.807) is 18.2 Å². The van der Waals surface area contributed by atoms with Crippen LogP contribution >= 0.6 is 0 Å². The molecule has 6 nitrogen and oxygen atoms in total. The van der Waals surface area contributed by atoms with E-state index in [-0.39, 0.29) is 5.82 Å². The lowest BCUT2D eigenvalue weighted by molar-refractivity contribution is 0.334. The number of halogens is 1. The molecule has 4 heterocycles. The number of benzene rings is 2. The summed E-state index contributed by atoms with van der Waals surface area (Å²) in [7, 11) is 0. The molecule has 236 valence electrons. The second kappa shape index (κ2) is 14.1. The first-order chi connectivity index (χ1) is 22.4. The van der Waals surface area contributed by atoms with Gasteiger partial charge in [0.15, 0.2) is 0 Å². The monoisotopic (exact) mass is 614 g/mol. The van der Waals surface area contributed by atoms with E-state index < -0.39 is 0 Å². The molecule has 0 aliphatic carbocycles. The number of nitrogens with one attached hydrogen (secondary N) is 3. The Morgan fingerprint density at radius 3 is 2.72 bits per heavy atom. The Labute approximate surface area is 271 Å². The molecular weight excluding hydrogens is 571 g/mol. The van der Waals surface area contributed by atoms with Gasteiger partial charge in [-0.1, -0.05) is 50.8 Å². The summed E-state index contributed by atoms with van der Waals surface area (Å²) in [5, 5.41) is 12.3. The molecular formula is C39H43FN6. The fourth-order valence-electron chi connectivity index (χ4n) is 6.52. The highest BCUT2D eigenvalue weighted by atomic mass is 19.1. The number of fused-ring (bicyclic) bond motifs is 1. The zero-order chi connectivity index (χ0) is 32.0. The van der Waals surface area contributed by atoms with Crippen LogP contribution < -0.4 is 5.32 Å². The number of nitrogens with zero attached hydrogens (tertiary/aromatic N) is 3. The van der Waals surface area contributed by atoms with E-state index in [1.165, 1.54) is 25.9 Å². The number of pyridine rings is 1. The lowest BCUT2D eigenvalue weighted by Crippen LogP contribution is -2.20. The number of hydrogen-bond donors (Lipinski definition) is 3. The normalized spacial score (nSPS) is 13.8. The third-order valence-electron chi connectivity index (χ3n) is 8.76. The van der Waals surface area contributed by atoms with Gasteiger partial charge in [0.2, 0.25) is 0 Å². The number of hydrogen-bond acceptors (Lipinski definition) is 4. The van der Waals surface area contributed by atoms with Crippen LogP contribution in [0.5, 0.6) is 0 Å². The average molecular weight is 615 g/mol. The minimum Gasteiger partial charge on any atom is -0.358 e. The maximum atomic E-state index is 15.0. The van der Waals surface area contributed by atoms with Gasteiger partial charge in [0.1, 0.15) is 11.5 Å². The van der Waals surface area contributed by atoms with Gasteiger partial charge in [0, 0.05) is 34.1 Å². The van der Waals surface area contributed by atoms with Gasteiger partial charge >= 0.3 is 0 Å². The van der Waals surface area contributed by atoms with Gasteiger partial charge in [0.05, 0.1) is 23.1 Å². The Bertz CT molecular complexity index is 1890. The predicted molar refractivity (Wildman–Crippen MR) is 189 cm³/mol. The van der Waals surface area contributed by atoms with Crippen molar-refractivity contribution in [2.24, 2.45) is 0 Å². The van der Waals surface area contributed by atoms with Gasteiger partial charge in [-0.05, 0) is 117 Å². The molecule has 1 aliphatic heterocycles. The van der Waals surface area contributed by atoms with E-state index in [0.29, 0.717) is 0 Å². The average Bonchev–Trinajstić information content (AvgIpc) is 3.80. The summed E-state index contributed by atoms with van der Waals surface area (Å²) in [4.78, 5) is 10.5.